The Balaban J connectivity index is 1.35. The Labute approximate surface area is 177 Å². The Hall–Kier alpha value is -3.52. The molecule has 1 aromatic carbocycles. The molecule has 1 aliphatic rings. The number of aromatic amines is 1. The number of pyridine rings is 1. The number of rotatable bonds is 5. The van der Waals surface area contributed by atoms with Gasteiger partial charge in [-0.05, 0) is 54.6 Å². The second kappa shape index (κ2) is 8.31. The number of benzene rings is 1. The van der Waals surface area contributed by atoms with Gasteiger partial charge < -0.3 is 19.6 Å². The predicted molar refractivity (Wildman–Crippen MR) is 117 cm³/mol. The van der Waals surface area contributed by atoms with Crippen molar-refractivity contribution in [2.45, 2.75) is 25.4 Å². The summed E-state index contributed by atoms with van der Waals surface area (Å²) in [5.74, 6) is 0.261. The first-order chi connectivity index (χ1) is 15.1. The zero-order valence-electron chi connectivity index (χ0n) is 16.8. The summed E-state index contributed by atoms with van der Waals surface area (Å²) in [6.07, 6.45) is 5.28. The Morgan fingerprint density at radius 1 is 1.16 bits per heavy atom. The van der Waals surface area contributed by atoms with Crippen molar-refractivity contribution < 1.29 is 9.13 Å². The average Bonchev–Trinajstić information content (AvgIpc) is 3.17. The predicted octanol–water partition coefficient (Wildman–Crippen LogP) is 3.56. The van der Waals surface area contributed by atoms with Gasteiger partial charge in [0.05, 0.1) is 12.2 Å². The number of hydrogen-bond acceptors (Lipinski definition) is 5. The van der Waals surface area contributed by atoms with E-state index < -0.39 is 0 Å². The highest BCUT2D eigenvalue weighted by atomic mass is 19.1. The van der Waals surface area contributed by atoms with Gasteiger partial charge in [0.1, 0.15) is 5.82 Å². The van der Waals surface area contributed by atoms with Crippen LogP contribution in [0.5, 0.6) is 0 Å². The second-order valence-corrected chi connectivity index (χ2v) is 7.70. The van der Waals surface area contributed by atoms with E-state index in [0.717, 1.165) is 42.7 Å². The fourth-order valence-corrected chi connectivity index (χ4v) is 3.84. The number of nitrogens with zero attached hydrogens (tertiary/aromatic N) is 3. The van der Waals surface area contributed by atoms with Crippen molar-refractivity contribution in [1.82, 2.24) is 19.5 Å². The molecule has 4 heterocycles. The van der Waals surface area contributed by atoms with Crippen molar-refractivity contribution in [3.63, 3.8) is 0 Å². The Morgan fingerprint density at radius 2 is 2.03 bits per heavy atom. The summed E-state index contributed by atoms with van der Waals surface area (Å²) in [7, 11) is 0. The monoisotopic (exact) mass is 419 g/mol. The molecule has 1 saturated heterocycles. The minimum absolute atomic E-state index is 0.139. The molecule has 0 atom stereocenters. The van der Waals surface area contributed by atoms with Gasteiger partial charge in [-0.25, -0.2) is 14.4 Å². The second-order valence-electron chi connectivity index (χ2n) is 7.70. The zero-order valence-corrected chi connectivity index (χ0v) is 16.8. The summed E-state index contributed by atoms with van der Waals surface area (Å²) in [6.45, 7) is 1.84. The molecule has 0 radical (unpaired) electrons. The summed E-state index contributed by atoms with van der Waals surface area (Å²) < 4.78 is 20.4. The van der Waals surface area contributed by atoms with E-state index in [4.69, 9.17) is 4.74 Å². The number of anilines is 1. The van der Waals surface area contributed by atoms with Crippen LogP contribution < -0.4 is 10.9 Å². The summed E-state index contributed by atoms with van der Waals surface area (Å²) in [5, 5.41) is 4.26. The lowest BCUT2D eigenvalue weighted by atomic mass is 10.1. The van der Waals surface area contributed by atoms with Crippen LogP contribution in [0.4, 0.5) is 10.3 Å². The van der Waals surface area contributed by atoms with E-state index in [1.165, 1.54) is 12.1 Å². The van der Waals surface area contributed by atoms with Crippen LogP contribution in [-0.2, 0) is 11.3 Å². The Kier molecular flexibility index (Phi) is 5.21. The molecule has 8 heteroatoms. The fourth-order valence-electron chi connectivity index (χ4n) is 3.84. The number of hydrogen-bond donors (Lipinski definition) is 2. The molecule has 2 N–H and O–H groups in total. The molecule has 7 nitrogen and oxygen atoms in total. The lowest BCUT2D eigenvalue weighted by Crippen LogP contribution is -2.28. The van der Waals surface area contributed by atoms with Crippen molar-refractivity contribution in [1.29, 1.82) is 0 Å². The maximum absolute atomic E-state index is 13.4. The number of fused-ring (bicyclic) bond motifs is 1. The molecule has 5 rings (SSSR count). The van der Waals surface area contributed by atoms with Crippen molar-refractivity contribution in [3.05, 3.63) is 76.7 Å². The van der Waals surface area contributed by atoms with E-state index in [-0.39, 0.29) is 11.4 Å². The number of nitrogens with one attached hydrogen (secondary N) is 2. The van der Waals surface area contributed by atoms with Gasteiger partial charge >= 0.3 is 0 Å². The van der Waals surface area contributed by atoms with Gasteiger partial charge in [-0.1, -0.05) is 0 Å². The Bertz CT molecular complexity index is 1280. The van der Waals surface area contributed by atoms with E-state index in [1.54, 1.807) is 35.2 Å². The number of ether oxygens (including phenoxy) is 1. The molecule has 0 amide bonds. The molecule has 31 heavy (non-hydrogen) atoms. The van der Waals surface area contributed by atoms with Gasteiger partial charge in [0.15, 0.2) is 0 Å². The molecule has 158 valence electrons. The maximum atomic E-state index is 13.4. The van der Waals surface area contributed by atoms with E-state index in [1.807, 2.05) is 12.1 Å². The zero-order chi connectivity index (χ0) is 21.2. The van der Waals surface area contributed by atoms with Gasteiger partial charge in [0.25, 0.3) is 5.56 Å². The molecule has 1 fully saturated rings. The first-order valence-electron chi connectivity index (χ1n) is 10.3. The van der Waals surface area contributed by atoms with Crippen molar-refractivity contribution in [2.24, 2.45) is 0 Å². The van der Waals surface area contributed by atoms with Crippen LogP contribution >= 0.6 is 0 Å². The van der Waals surface area contributed by atoms with E-state index >= 15 is 0 Å². The molecule has 0 unspecified atom stereocenters. The van der Waals surface area contributed by atoms with Crippen LogP contribution in [0.15, 0.2) is 59.7 Å². The SMILES string of the molecule is O=c1cc(-c2ccnc(NC3CCOCC3)n2)ccn1Cc1cc2ccc(F)cc2[nH]1. The van der Waals surface area contributed by atoms with Gasteiger partial charge in [0.2, 0.25) is 5.95 Å². The number of H-pyrrole nitrogens is 1. The highest BCUT2D eigenvalue weighted by Gasteiger charge is 2.15. The molecule has 0 bridgehead atoms. The largest absolute Gasteiger partial charge is 0.381 e. The average molecular weight is 419 g/mol. The van der Waals surface area contributed by atoms with Gasteiger partial charge in [-0.2, -0.15) is 0 Å². The molecular formula is C23H22FN5O2. The van der Waals surface area contributed by atoms with Gasteiger partial charge in [0, 0.05) is 54.5 Å². The van der Waals surface area contributed by atoms with Crippen LogP contribution in [0.2, 0.25) is 0 Å². The fraction of sp³-hybridized carbons (Fsp3) is 0.261. The summed E-state index contributed by atoms with van der Waals surface area (Å²) >= 11 is 0. The van der Waals surface area contributed by atoms with E-state index in [9.17, 15) is 9.18 Å². The first-order valence-corrected chi connectivity index (χ1v) is 10.3. The standard InChI is InChI=1S/C23H22FN5O2/c24-17-2-1-15-11-19(26-21(15)13-17)14-29-8-4-16(12-22(29)30)20-3-7-25-23(28-20)27-18-5-9-31-10-6-18/h1-4,7-8,11-13,18,26H,5-6,9-10,14H2,(H,25,27,28). The lowest BCUT2D eigenvalue weighted by molar-refractivity contribution is 0.0903. The molecule has 4 aromatic rings. The number of halogens is 1. The third-order valence-electron chi connectivity index (χ3n) is 5.48. The molecule has 1 aliphatic heterocycles. The van der Waals surface area contributed by atoms with Crippen molar-refractivity contribution in [3.8, 4) is 11.3 Å². The maximum Gasteiger partial charge on any atom is 0.251 e. The summed E-state index contributed by atoms with van der Waals surface area (Å²) in [4.78, 5) is 24.8. The third kappa shape index (κ3) is 4.34. The smallest absolute Gasteiger partial charge is 0.251 e. The molecular weight excluding hydrogens is 397 g/mol. The molecule has 0 spiro atoms. The first kappa shape index (κ1) is 19.4. The molecule has 3 aromatic heterocycles. The van der Waals surface area contributed by atoms with Crippen LogP contribution in [-0.4, -0.2) is 38.8 Å². The van der Waals surface area contributed by atoms with Crippen LogP contribution in [0.3, 0.4) is 0 Å². The van der Waals surface area contributed by atoms with E-state index in [2.05, 4.69) is 20.3 Å². The van der Waals surface area contributed by atoms with Crippen molar-refractivity contribution in [2.75, 3.05) is 18.5 Å². The minimum atomic E-state index is -0.294. The molecule has 0 aliphatic carbocycles. The van der Waals surface area contributed by atoms with Gasteiger partial charge in [-0.15, -0.1) is 0 Å². The minimum Gasteiger partial charge on any atom is -0.381 e. The topological polar surface area (TPSA) is 84.8 Å². The van der Waals surface area contributed by atoms with Crippen LogP contribution in [0.25, 0.3) is 22.2 Å². The van der Waals surface area contributed by atoms with Crippen LogP contribution in [0, 0.1) is 5.82 Å². The van der Waals surface area contributed by atoms with Crippen molar-refractivity contribution >= 4 is 16.9 Å². The highest BCUT2D eigenvalue weighted by Crippen LogP contribution is 2.19. The summed E-state index contributed by atoms with van der Waals surface area (Å²) in [6, 6.07) is 12.0. The Morgan fingerprint density at radius 3 is 2.87 bits per heavy atom. The lowest BCUT2D eigenvalue weighted by Gasteiger charge is -2.23. The quantitative estimate of drug-likeness (QED) is 0.517. The van der Waals surface area contributed by atoms with E-state index in [0.29, 0.717) is 29.7 Å². The molecule has 0 saturated carbocycles. The normalized spacial score (nSPS) is 14.7. The van der Waals surface area contributed by atoms with Crippen LogP contribution in [0.1, 0.15) is 18.5 Å². The highest BCUT2D eigenvalue weighted by molar-refractivity contribution is 5.80. The number of aromatic nitrogens is 4. The van der Waals surface area contributed by atoms with Gasteiger partial charge in [-0.3, -0.25) is 4.79 Å². The third-order valence-corrected chi connectivity index (χ3v) is 5.48. The summed E-state index contributed by atoms with van der Waals surface area (Å²) in [5.41, 5.74) is 2.83.